The van der Waals surface area contributed by atoms with Gasteiger partial charge < -0.3 is 10.6 Å². The third-order valence-corrected chi connectivity index (χ3v) is 2.55. The van der Waals surface area contributed by atoms with Crippen LogP contribution < -0.4 is 10.6 Å². The molecule has 0 aromatic rings. The Bertz CT molecular complexity index is 245. The quantitative estimate of drug-likeness (QED) is 0.533. The van der Waals surface area contributed by atoms with Gasteiger partial charge in [0, 0.05) is 12.6 Å². The largest absolute Gasteiger partial charge is 0.345 e. The minimum atomic E-state index is -0.569. The van der Waals surface area contributed by atoms with Crippen LogP contribution in [0.15, 0.2) is 12.7 Å². The minimum Gasteiger partial charge on any atom is -0.345 e. The summed E-state index contributed by atoms with van der Waals surface area (Å²) in [6.07, 6.45) is 7.03. The number of carbonyl (C=O) groups excluding carboxylic acids is 2. The predicted octanol–water partition coefficient (Wildman–Crippen LogP) is 0.737. The van der Waals surface area contributed by atoms with Crippen molar-refractivity contribution in [3.63, 3.8) is 0 Å². The SMILES string of the molecule is C=CCNC(=O)C(=O)NC1CCCCC1. The van der Waals surface area contributed by atoms with Gasteiger partial charge in [-0.1, -0.05) is 25.3 Å². The first-order chi connectivity index (χ1) is 7.24. The van der Waals surface area contributed by atoms with Gasteiger partial charge in [0.2, 0.25) is 0 Å². The van der Waals surface area contributed by atoms with Crippen LogP contribution in [0.4, 0.5) is 0 Å². The summed E-state index contributed by atoms with van der Waals surface area (Å²) in [6, 6.07) is 0.181. The van der Waals surface area contributed by atoms with E-state index in [9.17, 15) is 9.59 Å². The van der Waals surface area contributed by atoms with E-state index in [-0.39, 0.29) is 6.04 Å². The van der Waals surface area contributed by atoms with E-state index in [1.54, 1.807) is 6.08 Å². The Morgan fingerprint density at radius 3 is 2.47 bits per heavy atom. The maximum atomic E-state index is 11.4. The Hall–Kier alpha value is -1.32. The molecule has 1 saturated carbocycles. The van der Waals surface area contributed by atoms with Crippen molar-refractivity contribution in [3.8, 4) is 0 Å². The van der Waals surface area contributed by atoms with Crippen molar-refractivity contribution in [1.82, 2.24) is 10.6 Å². The Balaban J connectivity index is 2.27. The van der Waals surface area contributed by atoms with E-state index in [0.29, 0.717) is 6.54 Å². The van der Waals surface area contributed by atoms with Crippen LogP contribution in [0.3, 0.4) is 0 Å². The number of amides is 2. The average Bonchev–Trinajstić information content (AvgIpc) is 2.27. The van der Waals surface area contributed by atoms with Crippen molar-refractivity contribution >= 4 is 11.8 Å². The highest BCUT2D eigenvalue weighted by atomic mass is 16.2. The first-order valence-electron chi connectivity index (χ1n) is 5.43. The topological polar surface area (TPSA) is 58.2 Å². The molecule has 0 spiro atoms. The van der Waals surface area contributed by atoms with Crippen LogP contribution in [-0.2, 0) is 9.59 Å². The molecule has 4 heteroatoms. The van der Waals surface area contributed by atoms with Crippen molar-refractivity contribution in [3.05, 3.63) is 12.7 Å². The highest BCUT2D eigenvalue weighted by Crippen LogP contribution is 2.17. The third-order valence-electron chi connectivity index (χ3n) is 2.55. The van der Waals surface area contributed by atoms with E-state index < -0.39 is 11.8 Å². The molecule has 2 N–H and O–H groups in total. The number of rotatable bonds is 3. The van der Waals surface area contributed by atoms with Gasteiger partial charge in [0.25, 0.3) is 0 Å². The predicted molar refractivity (Wildman–Crippen MR) is 58.2 cm³/mol. The number of nitrogens with one attached hydrogen (secondary N) is 2. The summed E-state index contributed by atoms with van der Waals surface area (Å²) in [7, 11) is 0. The van der Waals surface area contributed by atoms with E-state index in [2.05, 4.69) is 17.2 Å². The zero-order chi connectivity index (χ0) is 11.1. The molecule has 84 valence electrons. The molecule has 0 radical (unpaired) electrons. The van der Waals surface area contributed by atoms with Crippen LogP contribution in [0.1, 0.15) is 32.1 Å². The maximum absolute atomic E-state index is 11.4. The zero-order valence-corrected chi connectivity index (χ0v) is 8.92. The molecule has 2 amide bonds. The molecule has 0 heterocycles. The fraction of sp³-hybridized carbons (Fsp3) is 0.636. The second kappa shape index (κ2) is 6.22. The van der Waals surface area contributed by atoms with E-state index in [1.807, 2.05) is 0 Å². The molecule has 0 atom stereocenters. The lowest BCUT2D eigenvalue weighted by molar-refractivity contribution is -0.139. The zero-order valence-electron chi connectivity index (χ0n) is 8.92. The van der Waals surface area contributed by atoms with Gasteiger partial charge in [0.05, 0.1) is 0 Å². The molecule has 1 aliphatic rings. The second-order valence-corrected chi connectivity index (χ2v) is 3.81. The fourth-order valence-corrected chi connectivity index (χ4v) is 1.74. The Morgan fingerprint density at radius 1 is 1.20 bits per heavy atom. The first-order valence-corrected chi connectivity index (χ1v) is 5.43. The lowest BCUT2D eigenvalue weighted by Gasteiger charge is -2.22. The maximum Gasteiger partial charge on any atom is 0.309 e. The molecule has 1 rings (SSSR count). The van der Waals surface area contributed by atoms with Gasteiger partial charge in [-0.15, -0.1) is 6.58 Å². The summed E-state index contributed by atoms with van der Waals surface area (Å²) in [5.41, 5.74) is 0. The first kappa shape index (κ1) is 11.8. The lowest BCUT2D eigenvalue weighted by atomic mass is 9.95. The molecule has 0 aromatic heterocycles. The van der Waals surface area contributed by atoms with Gasteiger partial charge in [-0.05, 0) is 12.8 Å². The molecule has 0 unspecified atom stereocenters. The smallest absolute Gasteiger partial charge is 0.309 e. The van der Waals surface area contributed by atoms with Crippen LogP contribution in [0.5, 0.6) is 0 Å². The molecule has 1 aliphatic carbocycles. The molecule has 1 fully saturated rings. The Kier molecular flexibility index (Phi) is 4.87. The standard InChI is InChI=1S/C11H18N2O2/c1-2-8-12-10(14)11(15)13-9-6-4-3-5-7-9/h2,9H,1,3-8H2,(H,12,14)(H,13,15). The van der Waals surface area contributed by atoms with Crippen LogP contribution in [0, 0.1) is 0 Å². The Labute approximate surface area is 90.1 Å². The average molecular weight is 210 g/mol. The lowest BCUT2D eigenvalue weighted by Crippen LogP contribution is -2.45. The van der Waals surface area contributed by atoms with Crippen molar-refractivity contribution in [2.24, 2.45) is 0 Å². The van der Waals surface area contributed by atoms with Gasteiger partial charge in [-0.2, -0.15) is 0 Å². The van der Waals surface area contributed by atoms with Crippen molar-refractivity contribution in [1.29, 1.82) is 0 Å². The molecular weight excluding hydrogens is 192 g/mol. The van der Waals surface area contributed by atoms with Crippen molar-refractivity contribution in [2.75, 3.05) is 6.54 Å². The van der Waals surface area contributed by atoms with Crippen molar-refractivity contribution < 1.29 is 9.59 Å². The van der Waals surface area contributed by atoms with Crippen LogP contribution in [0.2, 0.25) is 0 Å². The molecule has 0 aliphatic heterocycles. The second-order valence-electron chi connectivity index (χ2n) is 3.81. The van der Waals surface area contributed by atoms with Crippen molar-refractivity contribution in [2.45, 2.75) is 38.1 Å². The number of hydrogen-bond donors (Lipinski definition) is 2. The molecule has 15 heavy (non-hydrogen) atoms. The van der Waals surface area contributed by atoms with Crippen LogP contribution >= 0.6 is 0 Å². The molecular formula is C11H18N2O2. The summed E-state index contributed by atoms with van der Waals surface area (Å²) in [5.74, 6) is -1.09. The molecule has 4 nitrogen and oxygen atoms in total. The summed E-state index contributed by atoms with van der Waals surface area (Å²) in [6.45, 7) is 3.79. The number of hydrogen-bond acceptors (Lipinski definition) is 2. The fourth-order valence-electron chi connectivity index (χ4n) is 1.74. The Morgan fingerprint density at radius 2 is 1.87 bits per heavy atom. The third kappa shape index (κ3) is 4.14. The minimum absolute atomic E-state index is 0.181. The summed E-state index contributed by atoms with van der Waals surface area (Å²) < 4.78 is 0. The molecule has 0 aromatic carbocycles. The normalized spacial score (nSPS) is 16.8. The van der Waals surface area contributed by atoms with E-state index in [1.165, 1.54) is 6.42 Å². The van der Waals surface area contributed by atoms with Gasteiger partial charge >= 0.3 is 11.8 Å². The summed E-state index contributed by atoms with van der Waals surface area (Å²) >= 11 is 0. The van der Waals surface area contributed by atoms with Gasteiger partial charge in [0.15, 0.2) is 0 Å². The molecule has 0 saturated heterocycles. The highest BCUT2D eigenvalue weighted by Gasteiger charge is 2.19. The van der Waals surface area contributed by atoms with Crippen LogP contribution in [0.25, 0.3) is 0 Å². The summed E-state index contributed by atoms with van der Waals surface area (Å²) in [5, 5.41) is 5.19. The van der Waals surface area contributed by atoms with Gasteiger partial charge in [-0.25, -0.2) is 0 Å². The monoisotopic (exact) mass is 210 g/mol. The van der Waals surface area contributed by atoms with E-state index in [4.69, 9.17) is 0 Å². The molecule has 0 bridgehead atoms. The van der Waals surface area contributed by atoms with Gasteiger partial charge in [0.1, 0.15) is 0 Å². The van der Waals surface area contributed by atoms with Crippen LogP contribution in [-0.4, -0.2) is 24.4 Å². The van der Waals surface area contributed by atoms with Gasteiger partial charge in [-0.3, -0.25) is 9.59 Å². The highest BCUT2D eigenvalue weighted by molar-refractivity contribution is 6.35. The summed E-state index contributed by atoms with van der Waals surface area (Å²) in [4.78, 5) is 22.6. The van der Waals surface area contributed by atoms with E-state index >= 15 is 0 Å². The number of carbonyl (C=O) groups is 2. The van der Waals surface area contributed by atoms with E-state index in [0.717, 1.165) is 25.7 Å².